The van der Waals surface area contributed by atoms with Gasteiger partial charge in [0.15, 0.2) is 0 Å². The Labute approximate surface area is 191 Å². The van der Waals surface area contributed by atoms with E-state index in [0.29, 0.717) is 19.3 Å². The Kier molecular flexibility index (Phi) is 12.9. The van der Waals surface area contributed by atoms with E-state index in [1.165, 1.54) is 19.4 Å². The maximum absolute atomic E-state index is 11.7. The quantitative estimate of drug-likeness (QED) is 0.226. The van der Waals surface area contributed by atoms with Gasteiger partial charge in [-0.2, -0.15) is 0 Å². The number of carbonyl (C=O) groups is 3. The summed E-state index contributed by atoms with van der Waals surface area (Å²) in [6, 6.07) is 0. The number of unbranched alkanes of at least 4 members (excludes halogenated alkanes) is 3. The third kappa shape index (κ3) is 11.5. The summed E-state index contributed by atoms with van der Waals surface area (Å²) < 4.78 is 11.1. The van der Waals surface area contributed by atoms with Gasteiger partial charge in [0, 0.05) is 38.5 Å². The van der Waals surface area contributed by atoms with Crippen LogP contribution in [0.5, 0.6) is 0 Å². The Morgan fingerprint density at radius 2 is 1.59 bits per heavy atom. The standard InChI is InChI=1S/C25H40O7/c1-17(2)10-9-11-20(28)14-15-22-21(12-7-5-6-8-13-25(29)30)23(31-18(3)26)16-24(22)32-19(4)27/h10,14-15,20-24,28H,5-9,11-13,16H2,1-4H3,(H,29,30)/t20-,21+,22+,23-,24+/m0/s1. The van der Waals surface area contributed by atoms with Crippen LogP contribution in [0, 0.1) is 11.8 Å². The van der Waals surface area contributed by atoms with Crippen molar-refractivity contribution in [3.05, 3.63) is 23.8 Å². The second-order valence-electron chi connectivity index (χ2n) is 8.93. The Morgan fingerprint density at radius 1 is 0.969 bits per heavy atom. The van der Waals surface area contributed by atoms with Crippen LogP contribution in [0.3, 0.4) is 0 Å². The first-order valence-corrected chi connectivity index (χ1v) is 11.7. The van der Waals surface area contributed by atoms with Gasteiger partial charge in [-0.3, -0.25) is 14.4 Å². The van der Waals surface area contributed by atoms with Gasteiger partial charge in [-0.25, -0.2) is 0 Å². The molecule has 0 radical (unpaired) electrons. The molecular formula is C25H40O7. The molecule has 0 saturated heterocycles. The molecule has 0 unspecified atom stereocenters. The molecule has 1 aliphatic carbocycles. The molecule has 1 saturated carbocycles. The molecule has 0 aliphatic heterocycles. The van der Waals surface area contributed by atoms with E-state index in [9.17, 15) is 19.5 Å². The van der Waals surface area contributed by atoms with Crippen LogP contribution in [-0.2, 0) is 23.9 Å². The van der Waals surface area contributed by atoms with Gasteiger partial charge < -0.3 is 19.7 Å². The van der Waals surface area contributed by atoms with Crippen molar-refractivity contribution in [3.8, 4) is 0 Å². The van der Waals surface area contributed by atoms with Gasteiger partial charge in [-0.15, -0.1) is 0 Å². The molecule has 7 heteroatoms. The van der Waals surface area contributed by atoms with Crippen molar-refractivity contribution >= 4 is 17.9 Å². The molecule has 0 heterocycles. The molecule has 0 aromatic rings. The Bertz CT molecular complexity index is 663. The maximum Gasteiger partial charge on any atom is 0.303 e. The van der Waals surface area contributed by atoms with Gasteiger partial charge in [0.2, 0.25) is 0 Å². The topological polar surface area (TPSA) is 110 Å². The SMILES string of the molecule is CC(=O)O[C@H]1C[C@@H](OC(C)=O)[C@H](C=C[C@@H](O)CCC=C(C)C)[C@H]1CCCCCCC(=O)O. The predicted octanol–water partition coefficient (Wildman–Crippen LogP) is 4.57. The lowest BCUT2D eigenvalue weighted by Crippen LogP contribution is -2.25. The highest BCUT2D eigenvalue weighted by Gasteiger charge is 2.45. The van der Waals surface area contributed by atoms with E-state index in [1.54, 1.807) is 6.08 Å². The first-order chi connectivity index (χ1) is 15.1. The highest BCUT2D eigenvalue weighted by atomic mass is 16.6. The minimum atomic E-state index is -0.784. The molecule has 0 spiro atoms. The number of aliphatic carboxylic acids is 1. The van der Waals surface area contributed by atoms with Gasteiger partial charge in [-0.05, 0) is 39.5 Å². The summed E-state index contributed by atoms with van der Waals surface area (Å²) in [6.45, 7) is 6.78. The summed E-state index contributed by atoms with van der Waals surface area (Å²) in [5, 5.41) is 19.1. The third-order valence-corrected chi connectivity index (χ3v) is 5.75. The third-order valence-electron chi connectivity index (χ3n) is 5.75. The number of ether oxygens (including phenoxy) is 2. The fourth-order valence-corrected chi connectivity index (χ4v) is 4.32. The first-order valence-electron chi connectivity index (χ1n) is 11.7. The normalized spacial score (nSPS) is 23.7. The number of aliphatic hydroxyl groups is 1. The fraction of sp³-hybridized carbons (Fsp3) is 0.720. The Morgan fingerprint density at radius 3 is 2.19 bits per heavy atom. The molecule has 2 N–H and O–H groups in total. The minimum Gasteiger partial charge on any atom is -0.481 e. The van der Waals surface area contributed by atoms with Gasteiger partial charge in [-0.1, -0.05) is 43.1 Å². The molecular weight excluding hydrogens is 412 g/mol. The number of rotatable bonds is 14. The number of carboxylic acid groups (broad SMARTS) is 1. The molecule has 5 atom stereocenters. The van der Waals surface area contributed by atoms with Gasteiger partial charge in [0.05, 0.1) is 6.10 Å². The van der Waals surface area contributed by atoms with E-state index in [0.717, 1.165) is 32.1 Å². The van der Waals surface area contributed by atoms with Crippen molar-refractivity contribution in [1.82, 2.24) is 0 Å². The number of carbonyl (C=O) groups excluding carboxylic acids is 2. The highest BCUT2D eigenvalue weighted by Crippen LogP contribution is 2.41. The van der Waals surface area contributed by atoms with Crippen molar-refractivity contribution in [2.45, 2.75) is 104 Å². The lowest BCUT2D eigenvalue weighted by Gasteiger charge is -2.24. The molecule has 7 nitrogen and oxygen atoms in total. The predicted molar refractivity (Wildman–Crippen MR) is 122 cm³/mol. The van der Waals surface area contributed by atoms with Crippen molar-refractivity contribution in [2.75, 3.05) is 0 Å². The Hall–Kier alpha value is -2.15. The summed E-state index contributed by atoms with van der Waals surface area (Å²) in [5.74, 6) is -1.71. The van der Waals surface area contributed by atoms with E-state index >= 15 is 0 Å². The van der Waals surface area contributed by atoms with Crippen LogP contribution in [0.25, 0.3) is 0 Å². The maximum atomic E-state index is 11.7. The summed E-state index contributed by atoms with van der Waals surface area (Å²) in [7, 11) is 0. The summed E-state index contributed by atoms with van der Waals surface area (Å²) in [6.07, 6.45) is 10.4. The molecule has 1 fully saturated rings. The van der Waals surface area contributed by atoms with E-state index in [-0.39, 0.29) is 36.3 Å². The number of allylic oxidation sites excluding steroid dienone is 2. The van der Waals surface area contributed by atoms with Crippen LogP contribution in [0.15, 0.2) is 23.8 Å². The van der Waals surface area contributed by atoms with Crippen LogP contribution in [-0.4, -0.2) is 46.4 Å². The Balaban J connectivity index is 2.84. The zero-order chi connectivity index (χ0) is 24.1. The smallest absolute Gasteiger partial charge is 0.303 e. The number of esters is 2. The lowest BCUT2D eigenvalue weighted by atomic mass is 9.87. The van der Waals surface area contributed by atoms with Gasteiger partial charge >= 0.3 is 17.9 Å². The molecule has 0 aromatic carbocycles. The van der Waals surface area contributed by atoms with E-state index in [1.807, 2.05) is 19.9 Å². The van der Waals surface area contributed by atoms with Crippen LogP contribution in [0.1, 0.15) is 85.5 Å². The lowest BCUT2D eigenvalue weighted by molar-refractivity contribution is -0.149. The first kappa shape index (κ1) is 27.9. The summed E-state index contributed by atoms with van der Waals surface area (Å²) in [4.78, 5) is 34.0. The highest BCUT2D eigenvalue weighted by molar-refractivity contribution is 5.67. The fourth-order valence-electron chi connectivity index (χ4n) is 4.32. The van der Waals surface area contributed by atoms with Crippen molar-refractivity contribution < 1.29 is 34.1 Å². The zero-order valence-corrected chi connectivity index (χ0v) is 19.9. The molecule has 0 bridgehead atoms. The summed E-state index contributed by atoms with van der Waals surface area (Å²) >= 11 is 0. The second-order valence-corrected chi connectivity index (χ2v) is 8.93. The van der Waals surface area contributed by atoms with E-state index in [2.05, 4.69) is 6.08 Å². The van der Waals surface area contributed by atoms with Crippen molar-refractivity contribution in [3.63, 3.8) is 0 Å². The number of aliphatic hydroxyl groups excluding tert-OH is 1. The minimum absolute atomic E-state index is 0.0241. The number of hydrogen-bond acceptors (Lipinski definition) is 6. The second kappa shape index (κ2) is 14.8. The molecule has 1 aliphatic rings. The molecule has 0 aromatic heterocycles. The largest absolute Gasteiger partial charge is 0.481 e. The van der Waals surface area contributed by atoms with Crippen LogP contribution >= 0.6 is 0 Å². The van der Waals surface area contributed by atoms with Crippen molar-refractivity contribution in [1.29, 1.82) is 0 Å². The van der Waals surface area contributed by atoms with Crippen molar-refractivity contribution in [2.24, 2.45) is 11.8 Å². The average Bonchev–Trinajstić information content (AvgIpc) is 2.96. The van der Waals surface area contributed by atoms with Crippen LogP contribution < -0.4 is 0 Å². The number of carboxylic acids is 1. The van der Waals surface area contributed by atoms with Crippen LogP contribution in [0.2, 0.25) is 0 Å². The van der Waals surface area contributed by atoms with Gasteiger partial charge in [0.25, 0.3) is 0 Å². The molecule has 1 rings (SSSR count). The molecule has 0 amide bonds. The number of hydrogen-bond donors (Lipinski definition) is 2. The molecule has 32 heavy (non-hydrogen) atoms. The zero-order valence-electron chi connectivity index (χ0n) is 19.9. The van der Waals surface area contributed by atoms with Crippen LogP contribution in [0.4, 0.5) is 0 Å². The monoisotopic (exact) mass is 452 g/mol. The van der Waals surface area contributed by atoms with Gasteiger partial charge in [0.1, 0.15) is 12.2 Å². The van der Waals surface area contributed by atoms with E-state index in [4.69, 9.17) is 14.6 Å². The average molecular weight is 453 g/mol. The van der Waals surface area contributed by atoms with E-state index < -0.39 is 18.2 Å². The summed E-state index contributed by atoms with van der Waals surface area (Å²) in [5.41, 5.74) is 1.21. The molecule has 182 valence electrons.